The van der Waals surface area contributed by atoms with Crippen LogP contribution in [0.3, 0.4) is 0 Å². The van der Waals surface area contributed by atoms with Gasteiger partial charge in [-0.2, -0.15) is 0 Å². The molecule has 0 spiro atoms. The smallest absolute Gasteiger partial charge is 0.306 e. The van der Waals surface area contributed by atoms with E-state index >= 15 is 0 Å². The Bertz CT molecular complexity index is 974. The van der Waals surface area contributed by atoms with Gasteiger partial charge in [0.2, 0.25) is 0 Å². The summed E-state index contributed by atoms with van der Waals surface area (Å²) >= 11 is 0. The van der Waals surface area contributed by atoms with Gasteiger partial charge in [0.25, 0.3) is 0 Å². The molecule has 0 aromatic rings. The average Bonchev–Trinajstić information content (AvgIpc) is 3.30. The first-order valence-electron chi connectivity index (χ1n) is 28.9. The monoisotopic (exact) mass is 901 g/mol. The van der Waals surface area contributed by atoms with Gasteiger partial charge < -0.3 is 14.2 Å². The van der Waals surface area contributed by atoms with E-state index in [1.54, 1.807) is 0 Å². The molecule has 0 aliphatic carbocycles. The first-order chi connectivity index (χ1) is 31.6. The summed E-state index contributed by atoms with van der Waals surface area (Å²) in [5, 5.41) is 0. The summed E-state index contributed by atoms with van der Waals surface area (Å²) in [7, 11) is 0. The van der Waals surface area contributed by atoms with Crippen molar-refractivity contribution in [3.8, 4) is 0 Å². The lowest BCUT2D eigenvalue weighted by molar-refractivity contribution is -0.163. The quantitative estimate of drug-likeness (QED) is 0.0346. The predicted molar refractivity (Wildman–Crippen MR) is 279 cm³/mol. The first-order valence-corrected chi connectivity index (χ1v) is 28.9. The van der Waals surface area contributed by atoms with Crippen LogP contribution in [0.25, 0.3) is 0 Å². The summed E-state index contributed by atoms with van der Waals surface area (Å²) < 4.78 is 17.5. The molecule has 5 heteroatoms. The molecule has 0 aromatic carbocycles. The lowest BCUT2D eigenvalue weighted by Gasteiger charge is -2.18. The predicted octanol–water partition coefficient (Wildman–Crippen LogP) is 19.6. The van der Waals surface area contributed by atoms with Crippen molar-refractivity contribution in [1.82, 2.24) is 0 Å². The van der Waals surface area contributed by atoms with E-state index in [2.05, 4.69) is 45.1 Å². The Labute approximate surface area is 400 Å². The van der Waals surface area contributed by atoms with Crippen molar-refractivity contribution < 1.29 is 23.8 Å². The van der Waals surface area contributed by atoms with Crippen molar-refractivity contribution in [1.29, 1.82) is 0 Å². The van der Waals surface area contributed by atoms with Crippen molar-refractivity contribution >= 4 is 11.9 Å². The molecular formula is C59H112O5. The maximum atomic E-state index is 12.8. The van der Waals surface area contributed by atoms with Gasteiger partial charge in [-0.25, -0.2) is 0 Å². The molecule has 64 heavy (non-hydrogen) atoms. The van der Waals surface area contributed by atoms with Crippen LogP contribution in [0.5, 0.6) is 0 Å². The lowest BCUT2D eigenvalue weighted by atomic mass is 10.0. The Balaban J connectivity index is 4.21. The van der Waals surface area contributed by atoms with Gasteiger partial charge in [0, 0.05) is 19.4 Å². The van der Waals surface area contributed by atoms with E-state index in [9.17, 15) is 9.59 Å². The number of rotatable bonds is 54. The molecule has 0 aromatic heterocycles. The van der Waals surface area contributed by atoms with Gasteiger partial charge in [-0.15, -0.1) is 0 Å². The molecule has 0 heterocycles. The Morgan fingerprint density at radius 2 is 0.609 bits per heavy atom. The minimum absolute atomic E-state index is 0.0879. The fourth-order valence-electron chi connectivity index (χ4n) is 8.62. The molecule has 0 rings (SSSR count). The second kappa shape index (κ2) is 55.7. The summed E-state index contributed by atoms with van der Waals surface area (Å²) in [5.41, 5.74) is 0. The Kier molecular flexibility index (Phi) is 54.3. The molecule has 0 saturated heterocycles. The highest BCUT2D eigenvalue weighted by Crippen LogP contribution is 2.16. The summed E-state index contributed by atoms with van der Waals surface area (Å²) in [6, 6.07) is 0. The van der Waals surface area contributed by atoms with Gasteiger partial charge >= 0.3 is 11.9 Å². The third-order valence-corrected chi connectivity index (χ3v) is 13.0. The van der Waals surface area contributed by atoms with E-state index in [0.717, 1.165) is 44.9 Å². The maximum Gasteiger partial charge on any atom is 0.306 e. The highest BCUT2D eigenvalue weighted by Gasteiger charge is 2.17. The van der Waals surface area contributed by atoms with Crippen molar-refractivity contribution in [2.24, 2.45) is 0 Å². The number of carbonyl (C=O) groups is 2. The van der Waals surface area contributed by atoms with Crippen molar-refractivity contribution in [3.05, 3.63) is 24.3 Å². The number of unbranched alkanes of at least 4 members (excludes halogenated alkanes) is 39. The molecule has 0 bridgehead atoms. The molecule has 378 valence electrons. The zero-order valence-electron chi connectivity index (χ0n) is 43.6. The molecule has 0 aliphatic rings. The number of allylic oxidation sites excluding steroid dienone is 4. The van der Waals surface area contributed by atoms with E-state index in [-0.39, 0.29) is 18.5 Å². The van der Waals surface area contributed by atoms with Crippen LogP contribution in [0.1, 0.15) is 316 Å². The molecule has 0 aliphatic heterocycles. The lowest BCUT2D eigenvalue weighted by Crippen LogP contribution is -2.30. The van der Waals surface area contributed by atoms with Crippen LogP contribution in [-0.4, -0.2) is 37.9 Å². The first kappa shape index (κ1) is 62.4. The SMILES string of the molecule is CCCCCCCC/C=C\CCCCCCCCCCCC(=O)OCC(COCCCCCCCCCCCCCCCC)OC(=O)CCCCCCC/C=C\CCCCCCCC. The average molecular weight is 902 g/mol. The van der Waals surface area contributed by atoms with Crippen LogP contribution in [0.2, 0.25) is 0 Å². The Hall–Kier alpha value is -1.62. The van der Waals surface area contributed by atoms with Crippen molar-refractivity contribution in [2.45, 2.75) is 322 Å². The second-order valence-corrected chi connectivity index (χ2v) is 19.5. The van der Waals surface area contributed by atoms with Crippen molar-refractivity contribution in [3.63, 3.8) is 0 Å². The largest absolute Gasteiger partial charge is 0.462 e. The Morgan fingerprint density at radius 3 is 0.953 bits per heavy atom. The summed E-state index contributed by atoms with van der Waals surface area (Å²) in [6.07, 6.45) is 66.2. The van der Waals surface area contributed by atoms with Gasteiger partial charge in [0.05, 0.1) is 6.61 Å². The summed E-state index contributed by atoms with van der Waals surface area (Å²) in [6.45, 7) is 7.88. The second-order valence-electron chi connectivity index (χ2n) is 19.5. The van der Waals surface area contributed by atoms with Gasteiger partial charge in [0.15, 0.2) is 6.10 Å². The molecule has 0 N–H and O–H groups in total. The fourth-order valence-corrected chi connectivity index (χ4v) is 8.62. The van der Waals surface area contributed by atoms with Crippen LogP contribution in [-0.2, 0) is 23.8 Å². The van der Waals surface area contributed by atoms with E-state index in [1.807, 2.05) is 0 Å². The van der Waals surface area contributed by atoms with Crippen molar-refractivity contribution in [2.75, 3.05) is 19.8 Å². The molecule has 1 unspecified atom stereocenters. The fraction of sp³-hybridized carbons (Fsp3) is 0.898. The molecule has 0 fully saturated rings. The highest BCUT2D eigenvalue weighted by atomic mass is 16.6. The summed E-state index contributed by atoms with van der Waals surface area (Å²) in [5.74, 6) is -0.388. The van der Waals surface area contributed by atoms with E-state index in [0.29, 0.717) is 26.1 Å². The van der Waals surface area contributed by atoms with Gasteiger partial charge in [0.1, 0.15) is 6.61 Å². The zero-order valence-corrected chi connectivity index (χ0v) is 43.6. The number of esters is 2. The number of hydrogen-bond acceptors (Lipinski definition) is 5. The minimum Gasteiger partial charge on any atom is -0.462 e. The van der Waals surface area contributed by atoms with E-state index in [4.69, 9.17) is 14.2 Å². The van der Waals surface area contributed by atoms with E-state index < -0.39 is 6.10 Å². The standard InChI is InChI=1S/C59H112O5/c1-4-7-10-13-16-19-22-25-28-29-30-31-33-34-37-40-43-46-49-52-58(60)63-56-57(55-62-54-51-48-45-42-39-36-27-24-21-18-15-12-9-6-3)64-59(61)53-50-47-44-41-38-35-32-26-23-20-17-14-11-8-5-2/h25-26,28,32,57H,4-24,27,29-31,33-56H2,1-3H3/b28-25-,32-26-. The number of hydrogen-bond donors (Lipinski definition) is 0. The number of ether oxygens (including phenoxy) is 3. The highest BCUT2D eigenvalue weighted by molar-refractivity contribution is 5.70. The number of carbonyl (C=O) groups excluding carboxylic acids is 2. The molecule has 1 atom stereocenters. The van der Waals surface area contributed by atoms with Crippen LogP contribution >= 0.6 is 0 Å². The molecule has 0 saturated carbocycles. The third-order valence-electron chi connectivity index (χ3n) is 13.0. The topological polar surface area (TPSA) is 61.8 Å². The zero-order chi connectivity index (χ0) is 46.3. The van der Waals surface area contributed by atoms with Crippen LogP contribution in [0.15, 0.2) is 24.3 Å². The molecule has 0 amide bonds. The van der Waals surface area contributed by atoms with Gasteiger partial charge in [-0.3, -0.25) is 9.59 Å². The third kappa shape index (κ3) is 53.0. The Morgan fingerprint density at radius 1 is 0.328 bits per heavy atom. The van der Waals surface area contributed by atoms with Gasteiger partial charge in [-0.05, 0) is 70.6 Å². The molecule has 0 radical (unpaired) electrons. The van der Waals surface area contributed by atoms with Gasteiger partial charge in [-0.1, -0.05) is 257 Å². The normalized spacial score (nSPS) is 12.2. The summed E-state index contributed by atoms with van der Waals surface area (Å²) in [4.78, 5) is 25.5. The molecular weight excluding hydrogens is 789 g/mol. The van der Waals surface area contributed by atoms with E-state index in [1.165, 1.54) is 238 Å². The van der Waals surface area contributed by atoms with Crippen LogP contribution in [0.4, 0.5) is 0 Å². The maximum absolute atomic E-state index is 12.8. The molecule has 5 nitrogen and oxygen atoms in total. The van der Waals surface area contributed by atoms with Crippen LogP contribution in [0, 0.1) is 0 Å². The van der Waals surface area contributed by atoms with Crippen LogP contribution < -0.4 is 0 Å². The minimum atomic E-state index is -0.535.